The van der Waals surface area contributed by atoms with Crippen LogP contribution in [0.4, 0.5) is 0 Å². The van der Waals surface area contributed by atoms with Gasteiger partial charge in [0.25, 0.3) is 5.56 Å². The molecule has 0 amide bonds. The molecule has 17 heteroatoms. The van der Waals surface area contributed by atoms with Crippen LogP contribution in [0.3, 0.4) is 0 Å². The van der Waals surface area contributed by atoms with Gasteiger partial charge in [-0.05, 0) is 37.1 Å². The Morgan fingerprint density at radius 3 is 2.50 bits per heavy atom. The van der Waals surface area contributed by atoms with Crippen LogP contribution in [0.1, 0.15) is 25.6 Å². The summed E-state index contributed by atoms with van der Waals surface area (Å²) in [4.78, 5) is 54.1. The molecule has 6 atom stereocenters. The number of hydrogen-bond donors (Lipinski definition) is 3. The van der Waals surface area contributed by atoms with E-state index in [9.17, 15) is 35.0 Å². The molecule has 3 N–H and O–H groups in total. The summed E-state index contributed by atoms with van der Waals surface area (Å²) in [6.45, 7) is 2.65. The van der Waals surface area contributed by atoms with Crippen molar-refractivity contribution in [2.75, 3.05) is 6.61 Å². The van der Waals surface area contributed by atoms with Gasteiger partial charge < -0.3 is 29.3 Å². The summed E-state index contributed by atoms with van der Waals surface area (Å²) in [6.07, 6.45) is -4.50. The maximum atomic E-state index is 13.0. The quantitative estimate of drug-likeness (QED) is 0.0863. The highest BCUT2D eigenvalue weighted by molar-refractivity contribution is 7.34. The number of azide groups is 1. The SMILES string of the molecule is CC(C)OC(=O)[C@H](Cc1ccccc1)N=[P+]([O-])Oc1ccccc1OC[C@@]1(N=[N+]=[N-])O[C@@H](n2ccc(=O)[nH]c2=O)[C@H](O)[C@@H]1O. The molecule has 44 heavy (non-hydrogen) atoms. The van der Waals surface area contributed by atoms with Gasteiger partial charge in [-0.25, -0.2) is 9.59 Å². The van der Waals surface area contributed by atoms with Gasteiger partial charge in [0, 0.05) is 23.6 Å². The smallest absolute Gasteiger partial charge is 0.395 e. The van der Waals surface area contributed by atoms with Gasteiger partial charge >= 0.3 is 19.8 Å². The van der Waals surface area contributed by atoms with Gasteiger partial charge in [-0.3, -0.25) is 18.9 Å². The molecule has 3 aromatic rings. The monoisotopic (exact) mass is 628 g/mol. The van der Waals surface area contributed by atoms with E-state index in [0.29, 0.717) is 0 Å². The number of para-hydroxylation sites is 2. The number of rotatable bonds is 12. The summed E-state index contributed by atoms with van der Waals surface area (Å²) >= 11 is 0. The molecule has 1 unspecified atom stereocenters. The zero-order valence-corrected chi connectivity index (χ0v) is 24.4. The van der Waals surface area contributed by atoms with Gasteiger partial charge in [-0.1, -0.05) is 52.3 Å². The van der Waals surface area contributed by atoms with E-state index in [1.165, 1.54) is 12.1 Å². The second kappa shape index (κ2) is 14.3. The number of nitrogens with one attached hydrogen (secondary N) is 1. The number of hydrogen-bond acceptors (Lipinski definition) is 12. The third-order valence-corrected chi connectivity index (χ3v) is 7.15. The number of aromatic nitrogens is 2. The normalized spacial score (nSPS) is 22.2. The lowest BCUT2D eigenvalue weighted by Gasteiger charge is -2.26. The van der Waals surface area contributed by atoms with Crippen molar-refractivity contribution in [1.82, 2.24) is 9.55 Å². The van der Waals surface area contributed by atoms with E-state index in [4.69, 9.17) is 18.7 Å². The Bertz CT molecular complexity index is 1660. The van der Waals surface area contributed by atoms with Crippen LogP contribution < -0.4 is 25.4 Å². The van der Waals surface area contributed by atoms with E-state index < -0.39 is 68.3 Å². The van der Waals surface area contributed by atoms with Crippen LogP contribution in [-0.2, 0) is 20.7 Å². The van der Waals surface area contributed by atoms with Crippen molar-refractivity contribution in [2.24, 2.45) is 9.86 Å². The number of aromatic amines is 1. The first-order valence-electron chi connectivity index (χ1n) is 13.3. The summed E-state index contributed by atoms with van der Waals surface area (Å²) in [5.41, 5.74) is 6.08. The molecule has 0 saturated carbocycles. The maximum absolute atomic E-state index is 13.0. The molecule has 0 bridgehead atoms. The molecule has 1 aliphatic heterocycles. The van der Waals surface area contributed by atoms with E-state index in [1.54, 1.807) is 50.2 Å². The predicted molar refractivity (Wildman–Crippen MR) is 152 cm³/mol. The highest BCUT2D eigenvalue weighted by Crippen LogP contribution is 2.40. The lowest BCUT2D eigenvalue weighted by atomic mass is 10.1. The van der Waals surface area contributed by atoms with E-state index in [2.05, 4.69) is 14.8 Å². The summed E-state index contributed by atoms with van der Waals surface area (Å²) in [5, 5.41) is 25.0. The molecule has 2 heterocycles. The first-order valence-corrected chi connectivity index (χ1v) is 14.4. The number of nitrogens with zero attached hydrogens (tertiary/aromatic N) is 5. The van der Waals surface area contributed by atoms with Crippen molar-refractivity contribution >= 4 is 14.1 Å². The zero-order valence-electron chi connectivity index (χ0n) is 23.5. The van der Waals surface area contributed by atoms with Gasteiger partial charge in [-0.2, -0.15) is 0 Å². The summed E-state index contributed by atoms with van der Waals surface area (Å²) in [5.74, 6) is -0.804. The van der Waals surface area contributed by atoms with Gasteiger partial charge in [0.15, 0.2) is 18.0 Å². The Morgan fingerprint density at radius 2 is 1.84 bits per heavy atom. The molecule has 232 valence electrons. The Labute approximate surface area is 250 Å². The molecule has 1 fully saturated rings. The molecule has 4 rings (SSSR count). The molecule has 1 saturated heterocycles. The largest absolute Gasteiger partial charge is 0.575 e. The van der Waals surface area contributed by atoms with Crippen LogP contribution in [0.25, 0.3) is 10.4 Å². The number of H-pyrrole nitrogens is 1. The standard InChI is InChI=1S/C27H29N6O10P/c1-16(2)41-25(37)18(14-17-8-4-3-5-9-17)30-44(39)43-20-11-7-6-10-19(20)40-15-27(31-32-28)23(36)22(35)24(42-27)33-13-12-21(34)29-26(33)38/h3-13,16,18,22-24,35-36H,14-15H2,1-2H3,(H,29,34,38)/t18-,22+,23-,24+,27+/m0/s1. The van der Waals surface area contributed by atoms with E-state index >= 15 is 0 Å². The Balaban J connectivity index is 1.55. The molecule has 0 spiro atoms. The first kappa shape index (κ1) is 32.4. The van der Waals surface area contributed by atoms with Crippen molar-refractivity contribution in [3.63, 3.8) is 0 Å². The van der Waals surface area contributed by atoms with Crippen molar-refractivity contribution in [3.05, 3.63) is 104 Å². The van der Waals surface area contributed by atoms with Crippen molar-refractivity contribution in [1.29, 1.82) is 0 Å². The second-order valence-corrected chi connectivity index (χ2v) is 10.8. The molecule has 1 aliphatic rings. The average Bonchev–Trinajstić information content (AvgIpc) is 3.22. The fraction of sp³-hybridized carbons (Fsp3) is 0.370. The van der Waals surface area contributed by atoms with Gasteiger partial charge in [-0.15, -0.1) is 0 Å². The van der Waals surface area contributed by atoms with Crippen LogP contribution in [0.5, 0.6) is 11.5 Å². The van der Waals surface area contributed by atoms with E-state index in [-0.39, 0.29) is 17.9 Å². The minimum Gasteiger partial charge on any atom is -0.575 e. The molecule has 0 radical (unpaired) electrons. The van der Waals surface area contributed by atoms with Crippen LogP contribution in [0.2, 0.25) is 0 Å². The topological polar surface area (TPSA) is 233 Å². The van der Waals surface area contributed by atoms with Gasteiger partial charge in [0.05, 0.1) is 6.10 Å². The second-order valence-electron chi connectivity index (χ2n) is 9.87. The minimum atomic E-state index is -2.84. The Hall–Kier alpha value is -4.56. The lowest BCUT2D eigenvalue weighted by Crippen LogP contribution is -2.46. The van der Waals surface area contributed by atoms with Gasteiger partial charge in [0.1, 0.15) is 18.8 Å². The number of aliphatic hydroxyl groups excluding tert-OH is 2. The Kier molecular flexibility index (Phi) is 10.5. The highest BCUT2D eigenvalue weighted by Gasteiger charge is 2.56. The molecule has 2 aromatic carbocycles. The van der Waals surface area contributed by atoms with Gasteiger partial charge in [0.2, 0.25) is 11.5 Å². The van der Waals surface area contributed by atoms with E-state index in [0.717, 1.165) is 22.4 Å². The van der Waals surface area contributed by atoms with Crippen molar-refractivity contribution in [3.8, 4) is 11.5 Å². The van der Waals surface area contributed by atoms with Crippen LogP contribution in [0.15, 0.2) is 86.3 Å². The summed E-state index contributed by atoms with van der Waals surface area (Å²) < 4.78 is 27.1. The summed E-state index contributed by atoms with van der Waals surface area (Å²) in [6, 6.07) is 14.7. The molecule has 1 aromatic heterocycles. The zero-order chi connectivity index (χ0) is 31.9. The van der Waals surface area contributed by atoms with Crippen molar-refractivity contribution in [2.45, 2.75) is 56.6 Å². The number of carbonyl (C=O) groups excluding carboxylic acids is 1. The fourth-order valence-corrected chi connectivity index (χ4v) is 5.06. The number of ether oxygens (including phenoxy) is 3. The fourth-order valence-electron chi connectivity index (χ4n) is 4.29. The minimum absolute atomic E-state index is 0.0436. The first-order chi connectivity index (χ1) is 21.0. The third kappa shape index (κ3) is 7.68. The molecular weight excluding hydrogens is 599 g/mol. The average molecular weight is 629 g/mol. The van der Waals surface area contributed by atoms with Crippen LogP contribution >= 0.6 is 8.17 Å². The third-order valence-electron chi connectivity index (χ3n) is 6.33. The van der Waals surface area contributed by atoms with Crippen molar-refractivity contribution < 1.29 is 38.6 Å². The van der Waals surface area contributed by atoms with Crippen LogP contribution in [0, 0.1) is 0 Å². The lowest BCUT2D eigenvalue weighted by molar-refractivity contribution is -0.170. The summed E-state index contributed by atoms with van der Waals surface area (Å²) in [7, 11) is -2.84. The maximum Gasteiger partial charge on any atom is 0.395 e. The predicted octanol–water partition coefficient (Wildman–Crippen LogP) is 1.67. The number of carbonyl (C=O) groups is 1. The van der Waals surface area contributed by atoms with E-state index in [1.807, 2.05) is 11.1 Å². The van der Waals surface area contributed by atoms with Crippen LogP contribution in [-0.4, -0.2) is 62.4 Å². The molecular formula is C27H29N6O10P. The number of esters is 1. The molecule has 0 aliphatic carbocycles. The molecule has 16 nitrogen and oxygen atoms in total. The number of benzene rings is 2. The number of aliphatic hydroxyl groups is 2. The highest BCUT2D eigenvalue weighted by atomic mass is 31.1. The Morgan fingerprint density at radius 1 is 1.16 bits per heavy atom.